The second kappa shape index (κ2) is 6.74. The van der Waals surface area contributed by atoms with Crippen LogP contribution in [0.2, 0.25) is 0 Å². The van der Waals surface area contributed by atoms with Crippen LogP contribution >= 0.6 is 0 Å². The van der Waals surface area contributed by atoms with Gasteiger partial charge in [0, 0.05) is 18.9 Å². The highest BCUT2D eigenvalue weighted by Crippen LogP contribution is 2.35. The first-order valence-electron chi connectivity index (χ1n) is 7.78. The van der Waals surface area contributed by atoms with Gasteiger partial charge in [0.05, 0.1) is 26.0 Å². The van der Waals surface area contributed by atoms with Gasteiger partial charge in [-0.3, -0.25) is 4.79 Å². The minimum absolute atomic E-state index is 0.0827. The van der Waals surface area contributed by atoms with E-state index < -0.39 is 0 Å². The number of nitrogens with zero attached hydrogens (tertiary/aromatic N) is 2. The van der Waals surface area contributed by atoms with Crippen molar-refractivity contribution in [3.63, 3.8) is 0 Å². The number of benzene rings is 2. The van der Waals surface area contributed by atoms with Gasteiger partial charge in [0.15, 0.2) is 0 Å². The van der Waals surface area contributed by atoms with Crippen LogP contribution in [-0.4, -0.2) is 30.8 Å². The molecule has 1 amide bonds. The molecule has 2 aromatic rings. The fraction of sp³-hybridized carbons (Fsp3) is 0.263. The monoisotopic (exact) mass is 324 g/mol. The van der Waals surface area contributed by atoms with Gasteiger partial charge in [-0.2, -0.15) is 5.10 Å². The largest absolute Gasteiger partial charge is 0.497 e. The molecule has 0 unspecified atom stereocenters. The molecule has 0 fully saturated rings. The van der Waals surface area contributed by atoms with Crippen LogP contribution in [0.1, 0.15) is 30.5 Å². The molecule has 0 saturated carbocycles. The van der Waals surface area contributed by atoms with Gasteiger partial charge >= 0.3 is 0 Å². The van der Waals surface area contributed by atoms with Crippen LogP contribution in [0.25, 0.3) is 0 Å². The highest BCUT2D eigenvalue weighted by molar-refractivity contribution is 6.05. The van der Waals surface area contributed by atoms with E-state index in [1.165, 1.54) is 6.92 Å². The molecule has 124 valence electrons. The summed E-state index contributed by atoms with van der Waals surface area (Å²) in [6, 6.07) is 15.3. The molecular formula is C19H20N2O3. The molecule has 5 nitrogen and oxygen atoms in total. The van der Waals surface area contributed by atoms with E-state index in [1.54, 1.807) is 19.2 Å². The number of carbonyl (C=O) groups is 1. The predicted molar refractivity (Wildman–Crippen MR) is 92.4 cm³/mol. The van der Waals surface area contributed by atoms with Crippen LogP contribution in [0.15, 0.2) is 53.6 Å². The summed E-state index contributed by atoms with van der Waals surface area (Å²) >= 11 is 0. The van der Waals surface area contributed by atoms with Crippen LogP contribution in [0.4, 0.5) is 0 Å². The molecule has 1 aliphatic rings. The molecule has 0 N–H and O–H groups in total. The fourth-order valence-electron chi connectivity index (χ4n) is 2.93. The van der Waals surface area contributed by atoms with Crippen molar-refractivity contribution in [1.29, 1.82) is 0 Å². The Hall–Kier alpha value is -2.82. The number of ether oxygens (including phenoxy) is 2. The lowest BCUT2D eigenvalue weighted by atomic mass is 9.98. The van der Waals surface area contributed by atoms with Crippen LogP contribution in [0.3, 0.4) is 0 Å². The topological polar surface area (TPSA) is 51.1 Å². The first kappa shape index (κ1) is 16.1. The highest BCUT2D eigenvalue weighted by Gasteiger charge is 2.32. The molecule has 0 saturated heterocycles. The molecule has 24 heavy (non-hydrogen) atoms. The van der Waals surface area contributed by atoms with E-state index in [9.17, 15) is 4.79 Å². The van der Waals surface area contributed by atoms with E-state index in [4.69, 9.17) is 9.47 Å². The molecule has 0 radical (unpaired) electrons. The number of para-hydroxylation sites is 1. The first-order valence-corrected chi connectivity index (χ1v) is 7.78. The summed E-state index contributed by atoms with van der Waals surface area (Å²) in [6.45, 7) is 1.53. The maximum atomic E-state index is 12.0. The van der Waals surface area contributed by atoms with E-state index in [0.717, 1.165) is 28.3 Å². The molecule has 3 rings (SSSR count). The van der Waals surface area contributed by atoms with E-state index in [2.05, 4.69) is 5.10 Å². The summed E-state index contributed by atoms with van der Waals surface area (Å²) in [5.41, 5.74) is 2.80. The summed E-state index contributed by atoms with van der Waals surface area (Å²) in [5.74, 6) is 1.47. The lowest BCUT2D eigenvalue weighted by molar-refractivity contribution is -0.130. The number of amides is 1. The van der Waals surface area contributed by atoms with Crippen LogP contribution in [0.5, 0.6) is 11.5 Å². The minimum Gasteiger partial charge on any atom is -0.497 e. The smallest absolute Gasteiger partial charge is 0.240 e. The molecule has 0 aliphatic carbocycles. The van der Waals surface area contributed by atoms with Crippen molar-refractivity contribution in [2.24, 2.45) is 5.10 Å². The Morgan fingerprint density at radius 2 is 1.79 bits per heavy atom. The molecule has 5 heteroatoms. The Labute approximate surface area is 141 Å². The molecule has 1 aliphatic heterocycles. The van der Waals surface area contributed by atoms with Gasteiger partial charge in [0.1, 0.15) is 11.5 Å². The van der Waals surface area contributed by atoms with Crippen molar-refractivity contribution in [2.45, 2.75) is 19.4 Å². The van der Waals surface area contributed by atoms with Gasteiger partial charge in [0.2, 0.25) is 5.91 Å². The number of carbonyl (C=O) groups excluding carboxylic acids is 1. The van der Waals surface area contributed by atoms with Gasteiger partial charge in [-0.15, -0.1) is 0 Å². The van der Waals surface area contributed by atoms with Crippen LogP contribution in [0, 0.1) is 0 Å². The zero-order valence-electron chi connectivity index (χ0n) is 14.0. The van der Waals surface area contributed by atoms with Crippen molar-refractivity contribution in [3.05, 3.63) is 59.7 Å². The average molecular weight is 324 g/mol. The molecule has 0 spiro atoms. The van der Waals surface area contributed by atoms with Crippen molar-refractivity contribution in [3.8, 4) is 11.5 Å². The molecule has 1 heterocycles. The van der Waals surface area contributed by atoms with Crippen molar-refractivity contribution >= 4 is 11.6 Å². The molecule has 2 aromatic carbocycles. The number of rotatable bonds is 4. The number of hydrogen-bond acceptors (Lipinski definition) is 4. The Kier molecular flexibility index (Phi) is 4.51. The third-order valence-corrected chi connectivity index (χ3v) is 4.15. The number of hydrazone groups is 1. The predicted octanol–water partition coefficient (Wildman–Crippen LogP) is 3.40. The zero-order chi connectivity index (χ0) is 17.1. The summed E-state index contributed by atoms with van der Waals surface area (Å²) in [6.07, 6.45) is 0.645. The van der Waals surface area contributed by atoms with Gasteiger partial charge in [0.25, 0.3) is 0 Å². The van der Waals surface area contributed by atoms with Gasteiger partial charge < -0.3 is 9.47 Å². The van der Waals surface area contributed by atoms with Gasteiger partial charge in [-0.05, 0) is 29.8 Å². The minimum atomic E-state index is -0.117. The zero-order valence-corrected chi connectivity index (χ0v) is 14.0. The normalized spacial score (nSPS) is 16.7. The van der Waals surface area contributed by atoms with E-state index >= 15 is 0 Å². The quantitative estimate of drug-likeness (QED) is 0.866. The third-order valence-electron chi connectivity index (χ3n) is 4.15. The lowest BCUT2D eigenvalue weighted by Gasteiger charge is -2.20. The number of hydrogen-bond donors (Lipinski definition) is 0. The Morgan fingerprint density at radius 3 is 2.42 bits per heavy atom. The van der Waals surface area contributed by atoms with E-state index in [0.29, 0.717) is 6.42 Å². The first-order chi connectivity index (χ1) is 11.6. The van der Waals surface area contributed by atoms with E-state index in [-0.39, 0.29) is 11.9 Å². The van der Waals surface area contributed by atoms with Crippen molar-refractivity contribution in [1.82, 2.24) is 5.01 Å². The second-order valence-electron chi connectivity index (χ2n) is 5.60. The summed E-state index contributed by atoms with van der Waals surface area (Å²) in [7, 11) is 3.27. The Bertz CT molecular complexity index is 768. The second-order valence-corrected chi connectivity index (χ2v) is 5.60. The van der Waals surface area contributed by atoms with Crippen LogP contribution < -0.4 is 9.47 Å². The van der Waals surface area contributed by atoms with Crippen molar-refractivity contribution < 1.29 is 14.3 Å². The Morgan fingerprint density at radius 1 is 1.08 bits per heavy atom. The summed E-state index contributed by atoms with van der Waals surface area (Å²) in [4.78, 5) is 12.0. The highest BCUT2D eigenvalue weighted by atomic mass is 16.5. The molecule has 0 aromatic heterocycles. The maximum absolute atomic E-state index is 12.0. The third kappa shape index (κ3) is 2.97. The molecular weight excluding hydrogens is 304 g/mol. The number of methoxy groups -OCH3 is 2. The van der Waals surface area contributed by atoms with Gasteiger partial charge in [-0.1, -0.05) is 24.3 Å². The Balaban J connectivity index is 1.94. The van der Waals surface area contributed by atoms with Gasteiger partial charge in [-0.25, -0.2) is 5.01 Å². The average Bonchev–Trinajstić information content (AvgIpc) is 3.07. The molecule has 1 atom stereocenters. The van der Waals surface area contributed by atoms with E-state index in [1.807, 2.05) is 48.5 Å². The van der Waals surface area contributed by atoms with Crippen molar-refractivity contribution in [2.75, 3.05) is 14.2 Å². The SMILES string of the molecule is COc1ccc([C@H]2CC(c3ccccc3OC)=NN2C(C)=O)cc1. The van der Waals surface area contributed by atoms with Crippen LogP contribution in [-0.2, 0) is 4.79 Å². The summed E-state index contributed by atoms with van der Waals surface area (Å²) < 4.78 is 10.6. The fourth-order valence-corrected chi connectivity index (χ4v) is 2.93. The standard InChI is InChI=1S/C19H20N2O3/c1-13(22)21-18(14-8-10-15(23-2)11-9-14)12-17(20-21)16-6-4-5-7-19(16)24-3/h4-11,18H,12H2,1-3H3/t18-/m1/s1. The molecule has 0 bridgehead atoms. The lowest BCUT2D eigenvalue weighted by Crippen LogP contribution is -2.24. The maximum Gasteiger partial charge on any atom is 0.240 e. The summed E-state index contributed by atoms with van der Waals surface area (Å²) in [5, 5.41) is 6.10.